The average Bonchev–Trinajstić information content (AvgIpc) is 2.52. The van der Waals surface area contributed by atoms with E-state index in [1.165, 1.54) is 5.56 Å². The fourth-order valence-electron chi connectivity index (χ4n) is 3.14. The summed E-state index contributed by atoms with van der Waals surface area (Å²) in [6.07, 6.45) is 2.68. The van der Waals surface area contributed by atoms with Crippen LogP contribution in [0.5, 0.6) is 0 Å². The van der Waals surface area contributed by atoms with E-state index in [0.717, 1.165) is 31.4 Å². The highest BCUT2D eigenvalue weighted by atomic mass is 16.3. The zero-order chi connectivity index (χ0) is 13.8. The predicted octanol–water partition coefficient (Wildman–Crippen LogP) is 2.87. The van der Waals surface area contributed by atoms with Crippen LogP contribution in [0, 0.1) is 0 Å². The summed E-state index contributed by atoms with van der Waals surface area (Å²) in [4.78, 5) is 0. The van der Waals surface area contributed by atoms with Gasteiger partial charge in [-0.2, -0.15) is 0 Å². The third-order valence-corrected chi connectivity index (χ3v) is 4.26. The molecule has 1 aliphatic rings. The van der Waals surface area contributed by atoms with Crippen molar-refractivity contribution in [3.8, 4) is 0 Å². The van der Waals surface area contributed by atoms with Crippen LogP contribution in [-0.4, -0.2) is 17.7 Å². The van der Waals surface area contributed by atoms with E-state index < -0.39 is 5.60 Å². The van der Waals surface area contributed by atoms with Crippen molar-refractivity contribution in [2.45, 2.75) is 30.9 Å². The van der Waals surface area contributed by atoms with Crippen LogP contribution in [0.2, 0.25) is 0 Å². The maximum atomic E-state index is 11.2. The highest BCUT2D eigenvalue weighted by Gasteiger charge is 2.40. The SMILES string of the molecule is O[C@]1(c2ccccc2)CCCN[C@H]1Cc1ccccc1. The molecule has 2 aromatic rings. The normalized spacial score (nSPS) is 26.4. The zero-order valence-electron chi connectivity index (χ0n) is 11.6. The smallest absolute Gasteiger partial charge is 0.105 e. The van der Waals surface area contributed by atoms with Gasteiger partial charge in [0.15, 0.2) is 0 Å². The van der Waals surface area contributed by atoms with Crippen molar-refractivity contribution < 1.29 is 5.11 Å². The van der Waals surface area contributed by atoms with Gasteiger partial charge < -0.3 is 10.4 Å². The molecule has 2 nitrogen and oxygen atoms in total. The van der Waals surface area contributed by atoms with E-state index in [2.05, 4.69) is 29.6 Å². The van der Waals surface area contributed by atoms with E-state index in [-0.39, 0.29) is 6.04 Å². The van der Waals surface area contributed by atoms with Crippen LogP contribution in [0.3, 0.4) is 0 Å². The first-order valence-corrected chi connectivity index (χ1v) is 7.34. The third kappa shape index (κ3) is 2.62. The Hall–Kier alpha value is -1.64. The Balaban J connectivity index is 1.87. The molecule has 2 atom stereocenters. The zero-order valence-corrected chi connectivity index (χ0v) is 11.6. The Labute approximate surface area is 120 Å². The van der Waals surface area contributed by atoms with E-state index >= 15 is 0 Å². The Morgan fingerprint density at radius 2 is 1.65 bits per heavy atom. The van der Waals surface area contributed by atoms with Crippen LogP contribution in [0.25, 0.3) is 0 Å². The highest BCUT2D eigenvalue weighted by Crippen LogP contribution is 2.34. The van der Waals surface area contributed by atoms with Gasteiger partial charge in [0.2, 0.25) is 0 Å². The van der Waals surface area contributed by atoms with Gasteiger partial charge in [-0.1, -0.05) is 60.7 Å². The molecule has 0 radical (unpaired) electrons. The summed E-state index contributed by atoms with van der Waals surface area (Å²) in [5.41, 5.74) is 1.52. The minimum atomic E-state index is -0.769. The first kappa shape index (κ1) is 13.3. The summed E-state index contributed by atoms with van der Waals surface area (Å²) in [6.45, 7) is 0.979. The van der Waals surface area contributed by atoms with Crippen LogP contribution in [0.1, 0.15) is 24.0 Å². The molecule has 0 aromatic heterocycles. The van der Waals surface area contributed by atoms with Crippen molar-refractivity contribution in [3.63, 3.8) is 0 Å². The summed E-state index contributed by atoms with van der Waals surface area (Å²) in [6, 6.07) is 20.5. The lowest BCUT2D eigenvalue weighted by Crippen LogP contribution is -2.53. The van der Waals surface area contributed by atoms with Crippen LogP contribution >= 0.6 is 0 Å². The molecule has 2 heteroatoms. The van der Waals surface area contributed by atoms with Gasteiger partial charge in [0.05, 0.1) is 0 Å². The Bertz CT molecular complexity index is 540. The molecular weight excluding hydrogens is 246 g/mol. The summed E-state index contributed by atoms with van der Waals surface area (Å²) in [5.74, 6) is 0. The molecule has 1 fully saturated rings. The van der Waals surface area contributed by atoms with Crippen molar-refractivity contribution in [3.05, 3.63) is 71.8 Å². The summed E-state index contributed by atoms with van der Waals surface area (Å²) in [7, 11) is 0. The van der Waals surface area contributed by atoms with E-state index in [9.17, 15) is 5.11 Å². The number of rotatable bonds is 3. The minimum absolute atomic E-state index is 0.0704. The van der Waals surface area contributed by atoms with Crippen LogP contribution in [-0.2, 0) is 12.0 Å². The van der Waals surface area contributed by atoms with Gasteiger partial charge >= 0.3 is 0 Å². The van der Waals surface area contributed by atoms with E-state index in [1.807, 2.05) is 36.4 Å². The Morgan fingerprint density at radius 1 is 1.00 bits per heavy atom. The summed E-state index contributed by atoms with van der Waals surface area (Å²) < 4.78 is 0. The molecule has 0 aliphatic carbocycles. The van der Waals surface area contributed by atoms with Gasteiger partial charge in [-0.15, -0.1) is 0 Å². The van der Waals surface area contributed by atoms with E-state index in [0.29, 0.717) is 0 Å². The fourth-order valence-corrected chi connectivity index (χ4v) is 3.14. The molecule has 0 spiro atoms. The maximum Gasteiger partial charge on any atom is 0.105 e. The Kier molecular flexibility index (Phi) is 3.86. The van der Waals surface area contributed by atoms with Gasteiger partial charge in [-0.25, -0.2) is 0 Å². The van der Waals surface area contributed by atoms with Gasteiger partial charge in [-0.05, 0) is 36.9 Å². The Morgan fingerprint density at radius 3 is 2.35 bits per heavy atom. The van der Waals surface area contributed by atoms with Crippen molar-refractivity contribution >= 4 is 0 Å². The molecule has 2 aromatic carbocycles. The molecule has 0 amide bonds. The molecular formula is C18H21NO. The molecule has 20 heavy (non-hydrogen) atoms. The number of hydrogen-bond acceptors (Lipinski definition) is 2. The number of nitrogens with one attached hydrogen (secondary N) is 1. The van der Waals surface area contributed by atoms with E-state index in [1.54, 1.807) is 0 Å². The summed E-state index contributed by atoms with van der Waals surface area (Å²) in [5, 5.41) is 14.7. The van der Waals surface area contributed by atoms with Crippen molar-refractivity contribution in [2.75, 3.05) is 6.54 Å². The van der Waals surface area contributed by atoms with Gasteiger partial charge in [-0.3, -0.25) is 0 Å². The molecule has 3 rings (SSSR count). The molecule has 0 unspecified atom stereocenters. The topological polar surface area (TPSA) is 32.3 Å². The molecule has 1 saturated heterocycles. The first-order valence-electron chi connectivity index (χ1n) is 7.34. The molecule has 0 bridgehead atoms. The average molecular weight is 267 g/mol. The van der Waals surface area contributed by atoms with Crippen LogP contribution in [0.4, 0.5) is 0 Å². The van der Waals surface area contributed by atoms with E-state index in [4.69, 9.17) is 0 Å². The standard InChI is InChI=1S/C18H21NO/c20-18(16-10-5-2-6-11-16)12-7-13-19-17(18)14-15-8-3-1-4-9-15/h1-6,8-11,17,19-20H,7,12-14H2/t17-,18-/m0/s1. The quantitative estimate of drug-likeness (QED) is 0.896. The molecule has 104 valence electrons. The van der Waals surface area contributed by atoms with Gasteiger partial charge in [0.1, 0.15) is 5.60 Å². The third-order valence-electron chi connectivity index (χ3n) is 4.26. The monoisotopic (exact) mass is 267 g/mol. The second-order valence-electron chi connectivity index (χ2n) is 5.59. The fraction of sp³-hybridized carbons (Fsp3) is 0.333. The van der Waals surface area contributed by atoms with Crippen LogP contribution in [0.15, 0.2) is 60.7 Å². The lowest BCUT2D eigenvalue weighted by Gasteiger charge is -2.41. The predicted molar refractivity (Wildman–Crippen MR) is 81.5 cm³/mol. The lowest BCUT2D eigenvalue weighted by atomic mass is 9.77. The van der Waals surface area contributed by atoms with Crippen molar-refractivity contribution in [1.82, 2.24) is 5.32 Å². The molecule has 1 aliphatic heterocycles. The summed E-state index contributed by atoms with van der Waals surface area (Å²) >= 11 is 0. The van der Waals surface area contributed by atoms with Gasteiger partial charge in [0, 0.05) is 6.04 Å². The van der Waals surface area contributed by atoms with Gasteiger partial charge in [0.25, 0.3) is 0 Å². The number of aliphatic hydroxyl groups is 1. The molecule has 2 N–H and O–H groups in total. The van der Waals surface area contributed by atoms with Crippen molar-refractivity contribution in [1.29, 1.82) is 0 Å². The largest absolute Gasteiger partial charge is 0.384 e. The number of piperidine rings is 1. The molecule has 1 heterocycles. The maximum absolute atomic E-state index is 11.2. The van der Waals surface area contributed by atoms with Crippen LogP contribution < -0.4 is 5.32 Å². The second kappa shape index (κ2) is 5.78. The minimum Gasteiger partial charge on any atom is -0.384 e. The lowest BCUT2D eigenvalue weighted by molar-refractivity contribution is -0.0287. The highest BCUT2D eigenvalue weighted by molar-refractivity contribution is 5.27. The number of hydrogen-bond donors (Lipinski definition) is 2. The van der Waals surface area contributed by atoms with Crippen molar-refractivity contribution in [2.24, 2.45) is 0 Å². The first-order chi connectivity index (χ1) is 9.79. The molecule has 0 saturated carbocycles. The number of benzene rings is 2. The second-order valence-corrected chi connectivity index (χ2v) is 5.59.